The molecule has 2 amide bonds. The van der Waals surface area contributed by atoms with Crippen LogP contribution in [0.4, 0.5) is 10.5 Å². The maximum atomic E-state index is 12.9. The van der Waals surface area contributed by atoms with Crippen molar-refractivity contribution >= 4 is 40.8 Å². The molecule has 0 radical (unpaired) electrons. The van der Waals surface area contributed by atoms with Gasteiger partial charge in [-0.05, 0) is 29.1 Å². The molecule has 5 nitrogen and oxygen atoms in total. The summed E-state index contributed by atoms with van der Waals surface area (Å²) in [6, 6.07) is 20.3. The van der Waals surface area contributed by atoms with Crippen LogP contribution in [0, 0.1) is 0 Å². The molecule has 1 aliphatic rings. The number of nitrogens with one attached hydrogen (secondary N) is 2. The van der Waals surface area contributed by atoms with Gasteiger partial charge in [-0.15, -0.1) is 23.1 Å². The van der Waals surface area contributed by atoms with Gasteiger partial charge < -0.3 is 15.4 Å². The Hall–Kier alpha value is -2.77. The van der Waals surface area contributed by atoms with Crippen molar-refractivity contribution in [3.05, 3.63) is 82.6 Å². The van der Waals surface area contributed by atoms with Gasteiger partial charge in [-0.1, -0.05) is 48.5 Å². The lowest BCUT2D eigenvalue weighted by atomic mass is 10.1. The summed E-state index contributed by atoms with van der Waals surface area (Å²) in [5.41, 5.74) is 1.64. The summed E-state index contributed by atoms with van der Waals surface area (Å²) in [5.74, 6) is -0.257. The van der Waals surface area contributed by atoms with Crippen molar-refractivity contribution in [2.75, 3.05) is 5.32 Å². The van der Waals surface area contributed by atoms with Gasteiger partial charge in [0.05, 0.1) is 10.9 Å². The van der Waals surface area contributed by atoms with Crippen molar-refractivity contribution in [3.63, 3.8) is 0 Å². The molecule has 0 fully saturated rings. The molecule has 3 aromatic rings. The standard InChI is InChI=1S/C21H18N2O3S2/c24-20-18(23-21(25)26-13-14-7-2-1-3-8-14)19(17-11-6-12-27-17)28-16-10-5-4-9-15(16)22-20/h1-12,18-19H,13H2,(H,22,24)(H,23,25)/t18-,19+/m0/s1. The van der Waals surface area contributed by atoms with Gasteiger partial charge in [-0.3, -0.25) is 4.79 Å². The van der Waals surface area contributed by atoms with Crippen LogP contribution in [-0.4, -0.2) is 18.0 Å². The molecule has 0 unspecified atom stereocenters. The molecule has 0 bridgehead atoms. The summed E-state index contributed by atoms with van der Waals surface area (Å²) in [7, 11) is 0. The number of hydrogen-bond donors (Lipinski definition) is 2. The van der Waals surface area contributed by atoms with Crippen LogP contribution in [0.5, 0.6) is 0 Å². The van der Waals surface area contributed by atoms with E-state index in [2.05, 4.69) is 10.6 Å². The van der Waals surface area contributed by atoms with Gasteiger partial charge in [-0.2, -0.15) is 0 Å². The molecule has 2 N–H and O–H groups in total. The third kappa shape index (κ3) is 4.21. The SMILES string of the molecule is O=C(N[C@@H]1C(=O)Nc2ccccc2S[C@@H]1c1cccs1)OCc1ccccc1. The molecule has 2 heterocycles. The topological polar surface area (TPSA) is 67.4 Å². The van der Waals surface area contributed by atoms with Crippen LogP contribution in [0.25, 0.3) is 0 Å². The van der Waals surface area contributed by atoms with E-state index in [9.17, 15) is 9.59 Å². The summed E-state index contributed by atoms with van der Waals surface area (Å²) in [6.45, 7) is 0.151. The minimum atomic E-state index is -0.751. The highest BCUT2D eigenvalue weighted by Crippen LogP contribution is 2.45. The highest BCUT2D eigenvalue weighted by molar-refractivity contribution is 8.00. The van der Waals surface area contributed by atoms with Gasteiger partial charge in [0.1, 0.15) is 12.6 Å². The number of alkyl carbamates (subject to hydrolysis) is 1. The lowest BCUT2D eigenvalue weighted by Gasteiger charge is -2.23. The predicted octanol–water partition coefficient (Wildman–Crippen LogP) is 4.83. The van der Waals surface area contributed by atoms with Crippen LogP contribution in [0.3, 0.4) is 0 Å². The van der Waals surface area contributed by atoms with Crippen molar-refractivity contribution in [1.29, 1.82) is 0 Å². The average Bonchev–Trinajstić information content (AvgIpc) is 3.21. The van der Waals surface area contributed by atoms with Crippen LogP contribution in [0.1, 0.15) is 15.7 Å². The number of thioether (sulfide) groups is 1. The molecule has 1 aromatic heterocycles. The summed E-state index contributed by atoms with van der Waals surface area (Å²) in [5, 5.41) is 7.41. The Morgan fingerprint density at radius 3 is 2.61 bits per heavy atom. The number of hydrogen-bond acceptors (Lipinski definition) is 5. The van der Waals surface area contributed by atoms with Gasteiger partial charge >= 0.3 is 6.09 Å². The molecule has 0 saturated heterocycles. The highest BCUT2D eigenvalue weighted by Gasteiger charge is 2.36. The zero-order chi connectivity index (χ0) is 19.3. The second kappa shape index (κ2) is 8.50. The van der Waals surface area contributed by atoms with Gasteiger partial charge in [-0.25, -0.2) is 4.79 Å². The number of carbonyl (C=O) groups is 2. The predicted molar refractivity (Wildman–Crippen MR) is 112 cm³/mol. The Bertz CT molecular complexity index is 961. The number of para-hydroxylation sites is 1. The Kier molecular flexibility index (Phi) is 5.64. The quantitative estimate of drug-likeness (QED) is 0.647. The zero-order valence-corrected chi connectivity index (χ0v) is 16.5. The maximum Gasteiger partial charge on any atom is 0.408 e. The van der Waals surface area contributed by atoms with E-state index in [-0.39, 0.29) is 17.8 Å². The number of carbonyl (C=O) groups excluding carboxylic acids is 2. The Morgan fingerprint density at radius 2 is 1.82 bits per heavy atom. The molecule has 1 aliphatic heterocycles. The van der Waals surface area contributed by atoms with Crippen molar-refractivity contribution in [2.45, 2.75) is 22.8 Å². The molecule has 0 aliphatic carbocycles. The van der Waals surface area contributed by atoms with Crippen molar-refractivity contribution in [2.24, 2.45) is 0 Å². The number of fused-ring (bicyclic) bond motifs is 1. The fourth-order valence-electron chi connectivity index (χ4n) is 2.93. The van der Waals surface area contributed by atoms with Gasteiger partial charge in [0.15, 0.2) is 0 Å². The van der Waals surface area contributed by atoms with Crippen molar-refractivity contribution in [3.8, 4) is 0 Å². The first-order valence-corrected chi connectivity index (χ1v) is 10.5. The maximum absolute atomic E-state index is 12.9. The van der Waals surface area contributed by atoms with Crippen LogP contribution in [0.2, 0.25) is 0 Å². The average molecular weight is 411 g/mol. The molecule has 0 spiro atoms. The molecule has 7 heteroatoms. The van der Waals surface area contributed by atoms with E-state index < -0.39 is 12.1 Å². The molecule has 0 saturated carbocycles. The second-order valence-corrected chi connectivity index (χ2v) is 8.39. The number of benzene rings is 2. The number of thiophene rings is 1. The minimum Gasteiger partial charge on any atom is -0.445 e. The van der Waals surface area contributed by atoms with E-state index in [0.29, 0.717) is 0 Å². The Morgan fingerprint density at radius 1 is 1.04 bits per heavy atom. The summed E-state index contributed by atoms with van der Waals surface area (Å²) < 4.78 is 5.33. The van der Waals surface area contributed by atoms with Crippen molar-refractivity contribution < 1.29 is 14.3 Å². The number of rotatable bonds is 4. The largest absolute Gasteiger partial charge is 0.445 e. The fraction of sp³-hybridized carbons (Fsp3) is 0.143. The smallest absolute Gasteiger partial charge is 0.408 e. The van der Waals surface area contributed by atoms with Gasteiger partial charge in [0.25, 0.3) is 0 Å². The highest BCUT2D eigenvalue weighted by atomic mass is 32.2. The second-order valence-electron chi connectivity index (χ2n) is 6.22. The molecule has 142 valence electrons. The Labute approximate surface area is 171 Å². The summed E-state index contributed by atoms with van der Waals surface area (Å²) >= 11 is 3.12. The van der Waals surface area contributed by atoms with Crippen LogP contribution >= 0.6 is 23.1 Å². The number of anilines is 1. The lowest BCUT2D eigenvalue weighted by Crippen LogP contribution is -2.46. The van der Waals surface area contributed by atoms with E-state index in [0.717, 1.165) is 21.0 Å². The molecular weight excluding hydrogens is 392 g/mol. The van der Waals surface area contributed by atoms with E-state index in [1.54, 1.807) is 23.1 Å². The summed E-state index contributed by atoms with van der Waals surface area (Å²) in [4.78, 5) is 27.3. The van der Waals surface area contributed by atoms with Crippen LogP contribution < -0.4 is 10.6 Å². The van der Waals surface area contributed by atoms with Crippen LogP contribution in [-0.2, 0) is 16.1 Å². The van der Waals surface area contributed by atoms with Gasteiger partial charge in [0, 0.05) is 9.77 Å². The summed E-state index contributed by atoms with van der Waals surface area (Å²) in [6.07, 6.45) is -0.614. The normalized spacial score (nSPS) is 18.5. The van der Waals surface area contributed by atoms with E-state index in [1.165, 1.54) is 0 Å². The number of amides is 2. The van der Waals surface area contributed by atoms with E-state index in [1.807, 2.05) is 72.1 Å². The van der Waals surface area contributed by atoms with Gasteiger partial charge in [0.2, 0.25) is 5.91 Å². The van der Waals surface area contributed by atoms with Crippen molar-refractivity contribution in [1.82, 2.24) is 5.32 Å². The molecule has 2 aromatic carbocycles. The minimum absolute atomic E-state index is 0.151. The molecule has 28 heavy (non-hydrogen) atoms. The first-order valence-electron chi connectivity index (χ1n) is 8.78. The van der Waals surface area contributed by atoms with E-state index >= 15 is 0 Å². The number of ether oxygens (including phenoxy) is 1. The molecular formula is C21H18N2O3S2. The third-order valence-electron chi connectivity index (χ3n) is 4.29. The molecule has 2 atom stereocenters. The lowest BCUT2D eigenvalue weighted by molar-refractivity contribution is -0.118. The monoisotopic (exact) mass is 410 g/mol. The first-order chi connectivity index (χ1) is 13.7. The molecule has 4 rings (SSSR count). The first kappa shape index (κ1) is 18.6. The van der Waals surface area contributed by atoms with E-state index in [4.69, 9.17) is 4.74 Å². The zero-order valence-electron chi connectivity index (χ0n) is 14.8. The van der Waals surface area contributed by atoms with Crippen LogP contribution in [0.15, 0.2) is 77.0 Å². The Balaban J connectivity index is 1.53. The fourth-order valence-corrected chi connectivity index (χ4v) is 5.19. The third-order valence-corrected chi connectivity index (χ3v) is 6.79.